The lowest BCUT2D eigenvalue weighted by Crippen LogP contribution is -2.45. The molecule has 3 rings (SSSR count). The number of hydrogen-bond donors (Lipinski definition) is 1. The summed E-state index contributed by atoms with van der Waals surface area (Å²) >= 11 is 1.65. The van der Waals surface area contributed by atoms with Crippen molar-refractivity contribution >= 4 is 23.7 Å². The van der Waals surface area contributed by atoms with Gasteiger partial charge in [0.2, 0.25) is 0 Å². The van der Waals surface area contributed by atoms with Crippen molar-refractivity contribution in [2.45, 2.75) is 6.04 Å². The summed E-state index contributed by atoms with van der Waals surface area (Å²) in [5.74, 6) is 0.0533. The zero-order chi connectivity index (χ0) is 14.7. The highest BCUT2D eigenvalue weighted by molar-refractivity contribution is 7.08. The quantitative estimate of drug-likeness (QED) is 0.922. The molecule has 0 unspecified atom stereocenters. The highest BCUT2D eigenvalue weighted by Crippen LogP contribution is 2.34. The first-order valence-electron chi connectivity index (χ1n) is 7.10. The number of rotatable bonds is 4. The molecule has 0 spiro atoms. The Bertz CT molecular complexity index is 588. The smallest absolute Gasteiger partial charge is 0.170 e. The first-order chi connectivity index (χ1) is 10.3. The van der Waals surface area contributed by atoms with Gasteiger partial charge in [-0.1, -0.05) is 12.1 Å². The number of nitrogens with zero attached hydrogens (tertiary/aromatic N) is 1. The van der Waals surface area contributed by atoms with E-state index in [0.29, 0.717) is 11.3 Å². The van der Waals surface area contributed by atoms with Gasteiger partial charge in [-0.15, -0.1) is 12.4 Å². The number of ether oxygens (including phenoxy) is 1. The highest BCUT2D eigenvalue weighted by atomic mass is 35.5. The van der Waals surface area contributed by atoms with Crippen LogP contribution in [0.3, 0.4) is 0 Å². The van der Waals surface area contributed by atoms with E-state index in [2.05, 4.69) is 21.7 Å². The molecule has 1 aliphatic heterocycles. The third-order valence-corrected chi connectivity index (χ3v) is 4.58. The van der Waals surface area contributed by atoms with Crippen LogP contribution >= 0.6 is 23.7 Å². The summed E-state index contributed by atoms with van der Waals surface area (Å²) in [6.07, 6.45) is 0. The topological polar surface area (TPSA) is 24.5 Å². The van der Waals surface area contributed by atoms with E-state index >= 15 is 0 Å². The van der Waals surface area contributed by atoms with Crippen molar-refractivity contribution in [1.29, 1.82) is 0 Å². The number of nitrogens with one attached hydrogen (secondary N) is 1. The molecule has 2 heterocycles. The van der Waals surface area contributed by atoms with Crippen molar-refractivity contribution < 1.29 is 9.13 Å². The van der Waals surface area contributed by atoms with Gasteiger partial charge in [-0.2, -0.15) is 11.3 Å². The molecule has 22 heavy (non-hydrogen) atoms. The minimum atomic E-state index is -0.255. The highest BCUT2D eigenvalue weighted by Gasteiger charge is 2.27. The van der Waals surface area contributed by atoms with Crippen LogP contribution in [0.4, 0.5) is 4.39 Å². The molecular formula is C16H20ClFN2OS. The molecule has 1 N–H and O–H groups in total. The summed E-state index contributed by atoms with van der Waals surface area (Å²) < 4.78 is 19.8. The summed E-state index contributed by atoms with van der Waals surface area (Å²) in [4.78, 5) is 2.33. The SMILES string of the molecule is COc1cccc([C@H](c2ccsc2)N2CCNCC2)c1F.Cl. The Morgan fingerprint density at radius 2 is 2.05 bits per heavy atom. The van der Waals surface area contributed by atoms with E-state index in [4.69, 9.17) is 4.74 Å². The van der Waals surface area contributed by atoms with Gasteiger partial charge in [0.05, 0.1) is 13.2 Å². The van der Waals surface area contributed by atoms with Gasteiger partial charge >= 0.3 is 0 Å². The molecule has 0 aliphatic carbocycles. The van der Waals surface area contributed by atoms with E-state index in [1.807, 2.05) is 17.5 Å². The molecule has 1 fully saturated rings. The fourth-order valence-electron chi connectivity index (χ4n) is 2.85. The molecule has 0 radical (unpaired) electrons. The average Bonchev–Trinajstić information content (AvgIpc) is 3.04. The van der Waals surface area contributed by atoms with Crippen LogP contribution in [-0.2, 0) is 0 Å². The molecule has 0 bridgehead atoms. The van der Waals surface area contributed by atoms with Gasteiger partial charge < -0.3 is 10.1 Å². The summed E-state index contributed by atoms with van der Waals surface area (Å²) in [6, 6.07) is 7.42. The fraction of sp³-hybridized carbons (Fsp3) is 0.375. The number of methoxy groups -OCH3 is 1. The molecule has 6 heteroatoms. The monoisotopic (exact) mass is 342 g/mol. The summed E-state index contributed by atoms with van der Waals surface area (Å²) in [7, 11) is 1.51. The Morgan fingerprint density at radius 3 is 2.68 bits per heavy atom. The molecule has 120 valence electrons. The van der Waals surface area contributed by atoms with Gasteiger partial charge in [-0.3, -0.25) is 4.90 Å². The zero-order valence-corrected chi connectivity index (χ0v) is 14.1. The van der Waals surface area contributed by atoms with Crippen molar-refractivity contribution in [1.82, 2.24) is 10.2 Å². The van der Waals surface area contributed by atoms with Gasteiger partial charge in [0.15, 0.2) is 11.6 Å². The Labute approximate surface area is 140 Å². The standard InChI is InChI=1S/C16H19FN2OS.ClH/c1-20-14-4-2-3-13(15(14)17)16(12-5-10-21-11-12)19-8-6-18-7-9-19;/h2-5,10-11,16,18H,6-9H2,1H3;1H/t16-;/m0./s1. The zero-order valence-electron chi connectivity index (χ0n) is 12.4. The van der Waals surface area contributed by atoms with Crippen molar-refractivity contribution in [2.24, 2.45) is 0 Å². The minimum absolute atomic E-state index is 0. The van der Waals surface area contributed by atoms with Crippen LogP contribution in [0.15, 0.2) is 35.0 Å². The predicted octanol–water partition coefficient (Wildman–Crippen LogP) is 3.31. The van der Waals surface area contributed by atoms with E-state index in [1.54, 1.807) is 17.4 Å². The van der Waals surface area contributed by atoms with Gasteiger partial charge in [0, 0.05) is 31.7 Å². The summed E-state index contributed by atoms with van der Waals surface area (Å²) in [5.41, 5.74) is 1.84. The van der Waals surface area contributed by atoms with Crippen molar-refractivity contribution in [3.05, 3.63) is 52.0 Å². The second-order valence-corrected chi connectivity index (χ2v) is 5.89. The van der Waals surface area contributed by atoms with Crippen LogP contribution in [0, 0.1) is 5.82 Å². The number of hydrogen-bond acceptors (Lipinski definition) is 4. The molecule has 1 atom stereocenters. The van der Waals surface area contributed by atoms with Crippen molar-refractivity contribution in [3.8, 4) is 5.75 Å². The average molecular weight is 343 g/mol. The number of benzene rings is 1. The largest absolute Gasteiger partial charge is 0.494 e. The van der Waals surface area contributed by atoms with Crippen molar-refractivity contribution in [3.63, 3.8) is 0 Å². The van der Waals surface area contributed by atoms with Gasteiger partial charge in [0.1, 0.15) is 0 Å². The van der Waals surface area contributed by atoms with Crippen molar-refractivity contribution in [2.75, 3.05) is 33.3 Å². The maximum atomic E-state index is 14.7. The van der Waals surface area contributed by atoms with Crippen LogP contribution < -0.4 is 10.1 Å². The lowest BCUT2D eigenvalue weighted by atomic mass is 9.98. The Hall–Kier alpha value is -1.14. The molecule has 0 saturated carbocycles. The Morgan fingerprint density at radius 1 is 1.27 bits per heavy atom. The lowest BCUT2D eigenvalue weighted by Gasteiger charge is -2.35. The second kappa shape index (κ2) is 7.92. The van der Waals surface area contributed by atoms with Crippen LogP contribution in [0.2, 0.25) is 0 Å². The third-order valence-electron chi connectivity index (χ3n) is 3.88. The Balaban J connectivity index is 0.00000176. The molecule has 0 amide bonds. The number of halogens is 2. The fourth-order valence-corrected chi connectivity index (χ4v) is 3.53. The second-order valence-electron chi connectivity index (χ2n) is 5.11. The summed E-state index contributed by atoms with van der Waals surface area (Å²) in [6.45, 7) is 3.70. The van der Waals surface area contributed by atoms with Crippen LogP contribution in [0.5, 0.6) is 5.75 Å². The van der Waals surface area contributed by atoms with Gasteiger partial charge in [-0.25, -0.2) is 4.39 Å². The van der Waals surface area contributed by atoms with Crippen LogP contribution in [0.25, 0.3) is 0 Å². The predicted molar refractivity (Wildman–Crippen MR) is 90.8 cm³/mol. The third kappa shape index (κ3) is 3.43. The van der Waals surface area contributed by atoms with Gasteiger partial charge in [0.25, 0.3) is 0 Å². The lowest BCUT2D eigenvalue weighted by molar-refractivity contribution is 0.195. The summed E-state index contributed by atoms with van der Waals surface area (Å²) in [5, 5.41) is 7.49. The van der Waals surface area contributed by atoms with E-state index in [1.165, 1.54) is 7.11 Å². The normalized spacial score (nSPS) is 16.8. The Kier molecular flexibility index (Phi) is 6.20. The maximum absolute atomic E-state index is 14.7. The van der Waals surface area contributed by atoms with E-state index < -0.39 is 0 Å². The minimum Gasteiger partial charge on any atom is -0.494 e. The molecule has 1 saturated heterocycles. The molecule has 1 aromatic heterocycles. The van der Waals surface area contributed by atoms with E-state index in [0.717, 1.165) is 31.7 Å². The van der Waals surface area contributed by atoms with E-state index in [-0.39, 0.29) is 24.3 Å². The number of piperazine rings is 1. The molecular weight excluding hydrogens is 323 g/mol. The molecule has 1 aromatic carbocycles. The van der Waals surface area contributed by atoms with Crippen LogP contribution in [-0.4, -0.2) is 38.2 Å². The van der Waals surface area contributed by atoms with Crippen LogP contribution in [0.1, 0.15) is 17.2 Å². The molecule has 2 aromatic rings. The first-order valence-corrected chi connectivity index (χ1v) is 8.05. The van der Waals surface area contributed by atoms with E-state index in [9.17, 15) is 4.39 Å². The molecule has 3 nitrogen and oxygen atoms in total. The molecule has 1 aliphatic rings. The first kappa shape index (κ1) is 17.2. The van der Waals surface area contributed by atoms with Gasteiger partial charge in [-0.05, 0) is 28.5 Å². The number of thiophene rings is 1. The maximum Gasteiger partial charge on any atom is 0.170 e.